The molecule has 26 heavy (non-hydrogen) atoms. The zero-order chi connectivity index (χ0) is 17.8. The highest BCUT2D eigenvalue weighted by Gasteiger charge is 2.37. The zero-order valence-corrected chi connectivity index (χ0v) is 14.5. The lowest BCUT2D eigenvalue weighted by Gasteiger charge is -2.39. The average Bonchev–Trinajstić information content (AvgIpc) is 2.74. The van der Waals surface area contributed by atoms with E-state index in [4.69, 9.17) is 0 Å². The molecule has 0 spiro atoms. The van der Waals surface area contributed by atoms with Gasteiger partial charge in [0.2, 0.25) is 0 Å². The van der Waals surface area contributed by atoms with Gasteiger partial charge in [-0.1, -0.05) is 96.2 Å². The summed E-state index contributed by atoms with van der Waals surface area (Å²) in [7, 11) is 0. The van der Waals surface area contributed by atoms with Crippen LogP contribution in [0.5, 0.6) is 0 Å². The SMILES string of the molecule is O/N=C1\CC(c2ccccc2)NC(c2ccccc2)C1c1ccccc1. The van der Waals surface area contributed by atoms with Crippen LogP contribution in [0.15, 0.2) is 96.2 Å². The van der Waals surface area contributed by atoms with Crippen LogP contribution in [0, 0.1) is 0 Å². The van der Waals surface area contributed by atoms with E-state index >= 15 is 0 Å². The lowest BCUT2D eigenvalue weighted by Crippen LogP contribution is -2.41. The predicted molar refractivity (Wildman–Crippen MR) is 105 cm³/mol. The summed E-state index contributed by atoms with van der Waals surface area (Å²) in [5.41, 5.74) is 4.38. The first kappa shape index (κ1) is 16.6. The number of piperidine rings is 1. The number of benzene rings is 3. The number of nitrogens with one attached hydrogen (secondary N) is 1. The Balaban J connectivity index is 1.78. The topological polar surface area (TPSA) is 44.6 Å². The molecule has 3 atom stereocenters. The Morgan fingerprint density at radius 2 is 1.19 bits per heavy atom. The van der Waals surface area contributed by atoms with Gasteiger partial charge in [-0.25, -0.2) is 0 Å². The van der Waals surface area contributed by atoms with Gasteiger partial charge in [0.25, 0.3) is 0 Å². The van der Waals surface area contributed by atoms with Crippen LogP contribution < -0.4 is 5.32 Å². The summed E-state index contributed by atoms with van der Waals surface area (Å²) in [6.07, 6.45) is 0.684. The van der Waals surface area contributed by atoms with E-state index in [2.05, 4.69) is 59.0 Å². The molecule has 1 aliphatic rings. The Morgan fingerprint density at radius 1 is 0.692 bits per heavy atom. The van der Waals surface area contributed by atoms with Gasteiger partial charge in [0.15, 0.2) is 0 Å². The Bertz CT molecular complexity index is 862. The first-order valence-electron chi connectivity index (χ1n) is 8.98. The van der Waals surface area contributed by atoms with Crippen LogP contribution in [-0.2, 0) is 0 Å². The van der Waals surface area contributed by atoms with Crippen LogP contribution >= 0.6 is 0 Å². The lowest BCUT2D eigenvalue weighted by molar-refractivity contribution is 0.302. The van der Waals surface area contributed by atoms with Crippen LogP contribution in [0.25, 0.3) is 0 Å². The second-order valence-electron chi connectivity index (χ2n) is 6.70. The fourth-order valence-corrected chi connectivity index (χ4v) is 3.90. The predicted octanol–water partition coefficient (Wildman–Crippen LogP) is 5.08. The lowest BCUT2D eigenvalue weighted by atomic mass is 9.77. The molecule has 1 heterocycles. The highest BCUT2D eigenvalue weighted by atomic mass is 16.4. The minimum atomic E-state index is 0.00330. The molecule has 130 valence electrons. The molecule has 1 saturated heterocycles. The molecule has 3 aromatic rings. The largest absolute Gasteiger partial charge is 0.411 e. The minimum absolute atomic E-state index is 0.00330. The van der Waals surface area contributed by atoms with Crippen LogP contribution in [0.2, 0.25) is 0 Å². The molecule has 4 rings (SSSR count). The zero-order valence-electron chi connectivity index (χ0n) is 14.5. The smallest absolute Gasteiger partial charge is 0.0683 e. The molecule has 3 unspecified atom stereocenters. The number of oxime groups is 1. The van der Waals surface area contributed by atoms with Crippen molar-refractivity contribution in [2.75, 3.05) is 0 Å². The van der Waals surface area contributed by atoms with Gasteiger partial charge in [-0.2, -0.15) is 0 Å². The summed E-state index contributed by atoms with van der Waals surface area (Å²) in [6, 6.07) is 31.2. The van der Waals surface area contributed by atoms with E-state index < -0.39 is 0 Å². The third-order valence-electron chi connectivity index (χ3n) is 5.13. The van der Waals surface area contributed by atoms with Gasteiger partial charge in [-0.3, -0.25) is 0 Å². The molecule has 3 nitrogen and oxygen atoms in total. The standard InChI is InChI=1S/C23H22N2O/c26-25-21-16-20(17-10-4-1-5-11-17)24-23(19-14-8-3-9-15-19)22(21)18-12-6-2-7-13-18/h1-15,20,22-24,26H,16H2/b25-21+. The number of nitrogens with zero attached hydrogens (tertiary/aromatic N) is 1. The van der Waals surface area contributed by atoms with Crippen molar-refractivity contribution < 1.29 is 5.21 Å². The van der Waals surface area contributed by atoms with Crippen molar-refractivity contribution in [2.24, 2.45) is 5.16 Å². The minimum Gasteiger partial charge on any atom is -0.411 e. The normalized spacial score (nSPS) is 24.5. The Kier molecular flexibility index (Phi) is 4.80. The van der Waals surface area contributed by atoms with Crippen LogP contribution in [0.3, 0.4) is 0 Å². The van der Waals surface area contributed by atoms with E-state index in [1.807, 2.05) is 42.5 Å². The van der Waals surface area contributed by atoms with E-state index in [1.165, 1.54) is 11.1 Å². The molecule has 0 radical (unpaired) electrons. The van der Waals surface area contributed by atoms with Crippen molar-refractivity contribution in [3.05, 3.63) is 108 Å². The molecule has 0 amide bonds. The maximum atomic E-state index is 9.81. The summed E-state index contributed by atoms with van der Waals surface area (Å²) in [4.78, 5) is 0. The van der Waals surface area contributed by atoms with Crippen molar-refractivity contribution in [3.8, 4) is 0 Å². The van der Waals surface area contributed by atoms with Crippen molar-refractivity contribution in [2.45, 2.75) is 24.4 Å². The Morgan fingerprint density at radius 3 is 1.73 bits per heavy atom. The van der Waals surface area contributed by atoms with Gasteiger partial charge in [0, 0.05) is 24.4 Å². The third kappa shape index (κ3) is 3.26. The maximum Gasteiger partial charge on any atom is 0.0683 e. The van der Waals surface area contributed by atoms with Gasteiger partial charge < -0.3 is 10.5 Å². The van der Waals surface area contributed by atoms with E-state index in [9.17, 15) is 5.21 Å². The molecule has 1 fully saturated rings. The summed E-state index contributed by atoms with van der Waals surface area (Å²) in [5.74, 6) is 0.00330. The monoisotopic (exact) mass is 342 g/mol. The first-order valence-corrected chi connectivity index (χ1v) is 8.98. The van der Waals surface area contributed by atoms with Gasteiger partial charge in [0.1, 0.15) is 0 Å². The quantitative estimate of drug-likeness (QED) is 0.515. The molecule has 3 aromatic carbocycles. The molecule has 0 saturated carbocycles. The third-order valence-corrected chi connectivity index (χ3v) is 5.13. The average molecular weight is 342 g/mol. The molecule has 2 N–H and O–H groups in total. The van der Waals surface area contributed by atoms with E-state index in [1.54, 1.807) is 0 Å². The fourth-order valence-electron chi connectivity index (χ4n) is 3.90. The molecule has 0 aromatic heterocycles. The van der Waals surface area contributed by atoms with Crippen molar-refractivity contribution >= 4 is 5.71 Å². The number of hydrogen-bond acceptors (Lipinski definition) is 3. The van der Waals surface area contributed by atoms with Crippen molar-refractivity contribution in [1.29, 1.82) is 0 Å². The van der Waals surface area contributed by atoms with Gasteiger partial charge >= 0.3 is 0 Å². The molecule has 3 heteroatoms. The second kappa shape index (κ2) is 7.54. The van der Waals surface area contributed by atoms with Crippen LogP contribution in [-0.4, -0.2) is 10.9 Å². The highest BCUT2D eigenvalue weighted by molar-refractivity contribution is 5.93. The molecule has 1 aliphatic heterocycles. The van der Waals surface area contributed by atoms with Gasteiger partial charge in [-0.15, -0.1) is 0 Å². The second-order valence-corrected chi connectivity index (χ2v) is 6.70. The summed E-state index contributed by atoms with van der Waals surface area (Å²) in [5, 5.41) is 17.4. The molecular weight excluding hydrogens is 320 g/mol. The van der Waals surface area contributed by atoms with Crippen molar-refractivity contribution in [1.82, 2.24) is 5.32 Å². The van der Waals surface area contributed by atoms with Crippen LogP contribution in [0.4, 0.5) is 0 Å². The highest BCUT2D eigenvalue weighted by Crippen LogP contribution is 2.41. The Hall–Kier alpha value is -2.91. The number of rotatable bonds is 3. The summed E-state index contributed by atoms with van der Waals surface area (Å²) in [6.45, 7) is 0. The summed E-state index contributed by atoms with van der Waals surface area (Å²) >= 11 is 0. The van der Waals surface area contributed by atoms with E-state index in [0.717, 1.165) is 11.3 Å². The maximum absolute atomic E-state index is 9.81. The molecule has 0 bridgehead atoms. The summed E-state index contributed by atoms with van der Waals surface area (Å²) < 4.78 is 0. The molecule has 0 aliphatic carbocycles. The van der Waals surface area contributed by atoms with Crippen molar-refractivity contribution in [3.63, 3.8) is 0 Å². The molecular formula is C23H22N2O. The van der Waals surface area contributed by atoms with Crippen LogP contribution in [0.1, 0.15) is 41.1 Å². The van der Waals surface area contributed by atoms with Gasteiger partial charge in [0.05, 0.1) is 5.71 Å². The number of hydrogen-bond donors (Lipinski definition) is 2. The Labute approximate surface area is 154 Å². The fraction of sp³-hybridized carbons (Fsp3) is 0.174. The first-order chi connectivity index (χ1) is 12.9. The van der Waals surface area contributed by atoms with Gasteiger partial charge in [-0.05, 0) is 16.7 Å². The van der Waals surface area contributed by atoms with E-state index in [-0.39, 0.29) is 18.0 Å². The van der Waals surface area contributed by atoms with E-state index in [0.29, 0.717) is 6.42 Å².